The molecule has 0 bridgehead atoms. The predicted molar refractivity (Wildman–Crippen MR) is 78.8 cm³/mol. The van der Waals surface area contributed by atoms with E-state index in [0.29, 0.717) is 18.5 Å². The lowest BCUT2D eigenvalue weighted by Gasteiger charge is -2.28. The van der Waals surface area contributed by atoms with Gasteiger partial charge < -0.3 is 16.2 Å². The highest BCUT2D eigenvalue weighted by Gasteiger charge is 2.33. The highest BCUT2D eigenvalue weighted by Crippen LogP contribution is 2.28. The van der Waals surface area contributed by atoms with E-state index in [1.54, 1.807) is 25.1 Å². The summed E-state index contributed by atoms with van der Waals surface area (Å²) >= 11 is 0. The zero-order valence-corrected chi connectivity index (χ0v) is 12.2. The van der Waals surface area contributed by atoms with Gasteiger partial charge in [0.2, 0.25) is 5.91 Å². The highest BCUT2D eigenvalue weighted by atomic mass is 16.4. The minimum absolute atomic E-state index is 0.0940. The minimum Gasteiger partial charge on any atom is -0.478 e. The van der Waals surface area contributed by atoms with Gasteiger partial charge in [-0.15, -0.1) is 0 Å². The maximum Gasteiger partial charge on any atom is 0.337 e. The molecule has 0 aromatic heterocycles. The number of hydrogen-bond donors (Lipinski definition) is 3. The van der Waals surface area contributed by atoms with Gasteiger partial charge >= 0.3 is 5.97 Å². The Kier molecular flexibility index (Phi) is 5.27. The molecular formula is C15H22N2O3. The first-order valence-electron chi connectivity index (χ1n) is 6.75. The van der Waals surface area contributed by atoms with Crippen LogP contribution in [0.4, 0.5) is 5.69 Å². The van der Waals surface area contributed by atoms with Gasteiger partial charge in [-0.1, -0.05) is 25.5 Å². The monoisotopic (exact) mass is 278 g/mol. The second-order valence-corrected chi connectivity index (χ2v) is 5.00. The fraction of sp³-hybridized carbons (Fsp3) is 0.467. The maximum absolute atomic E-state index is 12.4. The van der Waals surface area contributed by atoms with Crippen LogP contribution >= 0.6 is 0 Å². The average Bonchev–Trinajstić information content (AvgIpc) is 2.43. The van der Waals surface area contributed by atoms with Crippen molar-refractivity contribution in [3.63, 3.8) is 0 Å². The summed E-state index contributed by atoms with van der Waals surface area (Å²) in [6.07, 6.45) is 1.22. The van der Waals surface area contributed by atoms with Gasteiger partial charge in [-0.3, -0.25) is 4.79 Å². The molecule has 0 aliphatic rings. The van der Waals surface area contributed by atoms with Crippen molar-refractivity contribution in [1.29, 1.82) is 0 Å². The van der Waals surface area contributed by atoms with Gasteiger partial charge in [-0.2, -0.15) is 0 Å². The number of carbonyl (C=O) groups excluding carboxylic acids is 1. The fourth-order valence-electron chi connectivity index (χ4n) is 2.15. The van der Waals surface area contributed by atoms with Crippen molar-refractivity contribution in [3.8, 4) is 0 Å². The Hall–Kier alpha value is -1.88. The summed E-state index contributed by atoms with van der Waals surface area (Å²) in [6, 6.07) is 4.92. The Morgan fingerprint density at radius 1 is 1.30 bits per heavy atom. The molecule has 0 heterocycles. The number of benzene rings is 1. The van der Waals surface area contributed by atoms with Crippen molar-refractivity contribution in [2.45, 2.75) is 33.6 Å². The Labute approximate surface area is 119 Å². The molecule has 1 rings (SSSR count). The van der Waals surface area contributed by atoms with E-state index < -0.39 is 11.4 Å². The first-order chi connectivity index (χ1) is 9.40. The van der Waals surface area contributed by atoms with Gasteiger partial charge in [0, 0.05) is 6.54 Å². The Morgan fingerprint density at radius 3 is 2.35 bits per heavy atom. The van der Waals surface area contributed by atoms with Crippen molar-refractivity contribution >= 4 is 17.6 Å². The van der Waals surface area contributed by atoms with Crippen LogP contribution in [0.5, 0.6) is 0 Å². The number of amides is 1. The minimum atomic E-state index is -1.06. The van der Waals surface area contributed by atoms with E-state index in [9.17, 15) is 14.7 Å². The smallest absolute Gasteiger partial charge is 0.337 e. The van der Waals surface area contributed by atoms with E-state index in [0.717, 1.165) is 5.56 Å². The summed E-state index contributed by atoms with van der Waals surface area (Å²) in [5.41, 5.74) is 6.31. The van der Waals surface area contributed by atoms with Crippen LogP contribution in [-0.4, -0.2) is 23.5 Å². The van der Waals surface area contributed by atoms with Crippen LogP contribution in [0.15, 0.2) is 18.2 Å². The molecular weight excluding hydrogens is 256 g/mol. The first-order valence-corrected chi connectivity index (χ1v) is 6.75. The lowest BCUT2D eigenvalue weighted by atomic mass is 9.81. The molecule has 1 aromatic carbocycles. The number of aryl methyl sites for hydroxylation is 1. The van der Waals surface area contributed by atoms with Crippen LogP contribution in [0.2, 0.25) is 0 Å². The summed E-state index contributed by atoms with van der Waals surface area (Å²) in [5.74, 6) is -1.29. The first kappa shape index (κ1) is 16.2. The van der Waals surface area contributed by atoms with Gasteiger partial charge in [0.25, 0.3) is 0 Å². The lowest BCUT2D eigenvalue weighted by molar-refractivity contribution is -0.125. The van der Waals surface area contributed by atoms with E-state index in [2.05, 4.69) is 5.32 Å². The number of anilines is 1. The number of aromatic carboxylic acids is 1. The standard InChI is InChI=1S/C15H22N2O3/c1-4-15(5-2,9-16)14(20)17-12-7-6-10(3)8-11(12)13(18)19/h6-8H,4-5,9,16H2,1-3H3,(H,17,20)(H,18,19). The number of nitrogens with one attached hydrogen (secondary N) is 1. The quantitative estimate of drug-likeness (QED) is 0.745. The van der Waals surface area contributed by atoms with Crippen LogP contribution in [0.25, 0.3) is 0 Å². The summed E-state index contributed by atoms with van der Waals surface area (Å²) < 4.78 is 0. The second-order valence-electron chi connectivity index (χ2n) is 5.00. The van der Waals surface area contributed by atoms with Crippen LogP contribution < -0.4 is 11.1 Å². The zero-order valence-electron chi connectivity index (χ0n) is 12.2. The Balaban J connectivity index is 3.10. The van der Waals surface area contributed by atoms with Crippen molar-refractivity contribution in [3.05, 3.63) is 29.3 Å². The average molecular weight is 278 g/mol. The molecule has 1 aromatic rings. The molecule has 5 nitrogen and oxygen atoms in total. The molecule has 0 spiro atoms. The van der Waals surface area contributed by atoms with Gasteiger partial charge in [-0.05, 0) is 31.9 Å². The summed E-state index contributed by atoms with van der Waals surface area (Å²) in [7, 11) is 0. The molecule has 20 heavy (non-hydrogen) atoms. The van der Waals surface area contributed by atoms with Crippen molar-refractivity contribution in [1.82, 2.24) is 0 Å². The summed E-state index contributed by atoms with van der Waals surface area (Å²) in [6.45, 7) is 5.85. The van der Waals surface area contributed by atoms with Gasteiger partial charge in [0.05, 0.1) is 16.7 Å². The van der Waals surface area contributed by atoms with E-state index in [1.807, 2.05) is 13.8 Å². The molecule has 1 amide bonds. The van der Waals surface area contributed by atoms with Gasteiger partial charge in [-0.25, -0.2) is 4.79 Å². The summed E-state index contributed by atoms with van der Waals surface area (Å²) in [5, 5.41) is 11.9. The van der Waals surface area contributed by atoms with Crippen LogP contribution in [0.1, 0.15) is 42.6 Å². The number of carboxylic acid groups (broad SMARTS) is 1. The lowest BCUT2D eigenvalue weighted by Crippen LogP contribution is -2.41. The van der Waals surface area contributed by atoms with Gasteiger partial charge in [0.15, 0.2) is 0 Å². The predicted octanol–water partition coefficient (Wildman–Crippen LogP) is 2.40. The molecule has 0 unspecified atom stereocenters. The second kappa shape index (κ2) is 6.52. The van der Waals surface area contributed by atoms with Gasteiger partial charge in [0.1, 0.15) is 0 Å². The third-order valence-electron chi connectivity index (χ3n) is 3.88. The maximum atomic E-state index is 12.4. The number of carboxylic acids is 1. The molecule has 110 valence electrons. The van der Waals surface area contributed by atoms with E-state index in [-0.39, 0.29) is 18.0 Å². The molecule has 0 aliphatic carbocycles. The molecule has 0 saturated heterocycles. The molecule has 4 N–H and O–H groups in total. The van der Waals surface area contributed by atoms with Crippen molar-refractivity contribution < 1.29 is 14.7 Å². The highest BCUT2D eigenvalue weighted by molar-refractivity contribution is 6.02. The topological polar surface area (TPSA) is 92.4 Å². The van der Waals surface area contributed by atoms with Crippen molar-refractivity contribution in [2.75, 3.05) is 11.9 Å². The molecule has 0 atom stereocenters. The van der Waals surface area contributed by atoms with Crippen LogP contribution in [-0.2, 0) is 4.79 Å². The van der Waals surface area contributed by atoms with E-state index in [4.69, 9.17) is 5.73 Å². The van der Waals surface area contributed by atoms with Crippen LogP contribution in [0, 0.1) is 12.3 Å². The number of nitrogens with two attached hydrogens (primary N) is 1. The Morgan fingerprint density at radius 2 is 1.90 bits per heavy atom. The summed E-state index contributed by atoms with van der Waals surface area (Å²) in [4.78, 5) is 23.6. The third-order valence-corrected chi connectivity index (χ3v) is 3.88. The fourth-order valence-corrected chi connectivity index (χ4v) is 2.15. The molecule has 0 radical (unpaired) electrons. The number of carbonyl (C=O) groups is 2. The van der Waals surface area contributed by atoms with Crippen molar-refractivity contribution in [2.24, 2.45) is 11.1 Å². The molecule has 0 aliphatic heterocycles. The Bertz CT molecular complexity index is 500. The van der Waals surface area contributed by atoms with E-state index in [1.165, 1.54) is 0 Å². The molecule has 0 fully saturated rings. The van der Waals surface area contributed by atoms with E-state index >= 15 is 0 Å². The number of rotatable bonds is 6. The van der Waals surface area contributed by atoms with Crippen LogP contribution in [0.3, 0.4) is 0 Å². The SMILES string of the molecule is CCC(CC)(CN)C(=O)Nc1ccc(C)cc1C(=O)O. The third kappa shape index (κ3) is 3.17. The normalized spacial score (nSPS) is 11.2. The number of hydrogen-bond acceptors (Lipinski definition) is 3. The molecule has 5 heteroatoms. The largest absolute Gasteiger partial charge is 0.478 e. The zero-order chi connectivity index (χ0) is 15.3. The molecule has 0 saturated carbocycles.